The van der Waals surface area contributed by atoms with E-state index in [1.165, 1.54) is 6.07 Å². The maximum atomic E-state index is 14.5. The minimum absolute atomic E-state index is 0.232. The fourth-order valence-electron chi connectivity index (χ4n) is 2.40. The number of nitrogens with zero attached hydrogens (tertiary/aromatic N) is 5. The molecule has 0 aliphatic rings. The number of aromatic nitrogens is 5. The third-order valence-corrected chi connectivity index (χ3v) is 3.78. The van der Waals surface area contributed by atoms with Gasteiger partial charge in [-0.1, -0.05) is 11.6 Å². The van der Waals surface area contributed by atoms with Crippen molar-refractivity contribution in [2.45, 2.75) is 6.92 Å². The lowest BCUT2D eigenvalue weighted by molar-refractivity contribution is 0.633. The van der Waals surface area contributed by atoms with Gasteiger partial charge in [0.1, 0.15) is 23.1 Å². The first kappa shape index (κ1) is 15.5. The number of rotatable bonds is 3. The summed E-state index contributed by atoms with van der Waals surface area (Å²) in [4.78, 5) is 8.48. The number of imidazole rings is 1. The molecule has 0 fully saturated rings. The molecule has 1 aromatic carbocycles. The average Bonchev–Trinajstić information content (AvgIpc) is 3.00. The van der Waals surface area contributed by atoms with Crippen molar-refractivity contribution >= 4 is 34.1 Å². The summed E-state index contributed by atoms with van der Waals surface area (Å²) in [6, 6.07) is 12.7. The first-order chi connectivity index (χ1) is 12.1. The summed E-state index contributed by atoms with van der Waals surface area (Å²) >= 11 is 5.87. The fourth-order valence-corrected chi connectivity index (χ4v) is 2.55. The van der Waals surface area contributed by atoms with Crippen molar-refractivity contribution in [2.75, 3.05) is 5.32 Å². The highest BCUT2D eigenvalue weighted by Gasteiger charge is 2.12. The maximum Gasteiger partial charge on any atom is 0.153 e. The Bertz CT molecular complexity index is 1060. The number of nitrogens with one attached hydrogen (secondary N) is 1. The smallest absolute Gasteiger partial charge is 0.153 e. The van der Waals surface area contributed by atoms with Crippen LogP contribution in [-0.2, 0) is 0 Å². The first-order valence-electron chi connectivity index (χ1n) is 7.39. The molecule has 4 aromatic rings. The van der Waals surface area contributed by atoms with Crippen LogP contribution in [0.15, 0.2) is 42.7 Å². The fraction of sp³-hybridized carbons (Fsp3) is 0.0588. The largest absolute Gasteiger partial charge is 0.336 e. The maximum absolute atomic E-state index is 14.5. The van der Waals surface area contributed by atoms with Gasteiger partial charge in [-0.3, -0.25) is 4.57 Å². The number of fused-ring (bicyclic) bond motifs is 1. The summed E-state index contributed by atoms with van der Waals surface area (Å²) in [7, 11) is 0. The van der Waals surface area contributed by atoms with E-state index in [1.807, 2.05) is 6.92 Å². The van der Waals surface area contributed by atoms with Crippen molar-refractivity contribution in [1.29, 1.82) is 0 Å². The van der Waals surface area contributed by atoms with E-state index in [-0.39, 0.29) is 10.8 Å². The van der Waals surface area contributed by atoms with Gasteiger partial charge in [0, 0.05) is 12.1 Å². The normalized spacial score (nSPS) is 11.0. The van der Waals surface area contributed by atoms with Crippen LogP contribution in [0, 0.1) is 18.8 Å². The van der Waals surface area contributed by atoms with Gasteiger partial charge in [0.05, 0.1) is 22.4 Å². The van der Waals surface area contributed by atoms with Gasteiger partial charge in [0.15, 0.2) is 5.82 Å². The van der Waals surface area contributed by atoms with Crippen LogP contribution in [0.2, 0.25) is 5.15 Å². The third-order valence-electron chi connectivity index (χ3n) is 3.59. The van der Waals surface area contributed by atoms with Crippen molar-refractivity contribution in [2.24, 2.45) is 0 Å². The molecule has 123 valence electrons. The Balaban J connectivity index is 1.75. The van der Waals surface area contributed by atoms with Crippen LogP contribution in [0.5, 0.6) is 0 Å². The van der Waals surface area contributed by atoms with Gasteiger partial charge in [-0.2, -0.15) is 5.10 Å². The third kappa shape index (κ3) is 3.01. The predicted octanol–water partition coefficient (Wildman–Crippen LogP) is 3.86. The molecule has 0 spiro atoms. The van der Waals surface area contributed by atoms with E-state index in [0.717, 1.165) is 5.69 Å². The van der Waals surface area contributed by atoms with Crippen LogP contribution in [0.1, 0.15) is 5.69 Å². The van der Waals surface area contributed by atoms with Gasteiger partial charge in [-0.25, -0.2) is 14.4 Å². The SMILES string of the molecule is Cc1ccc(Nc2cc3ncn(-c4cc[c]c(Cl)n4)c3cc2F)nn1. The molecule has 0 bridgehead atoms. The molecule has 1 radical (unpaired) electrons. The first-order valence-corrected chi connectivity index (χ1v) is 7.76. The van der Waals surface area contributed by atoms with E-state index in [9.17, 15) is 4.39 Å². The minimum Gasteiger partial charge on any atom is -0.336 e. The minimum atomic E-state index is -0.440. The molecule has 0 atom stereocenters. The summed E-state index contributed by atoms with van der Waals surface area (Å²) < 4.78 is 16.2. The Morgan fingerprint density at radius 1 is 1.20 bits per heavy atom. The number of halogens is 2. The van der Waals surface area contributed by atoms with Crippen LogP contribution < -0.4 is 5.32 Å². The number of anilines is 2. The van der Waals surface area contributed by atoms with Crippen molar-refractivity contribution in [3.8, 4) is 5.82 Å². The highest BCUT2D eigenvalue weighted by molar-refractivity contribution is 6.29. The van der Waals surface area contributed by atoms with Gasteiger partial charge >= 0.3 is 0 Å². The highest BCUT2D eigenvalue weighted by Crippen LogP contribution is 2.26. The van der Waals surface area contributed by atoms with E-state index in [4.69, 9.17) is 11.6 Å². The molecule has 0 aliphatic carbocycles. The van der Waals surface area contributed by atoms with Crippen LogP contribution >= 0.6 is 11.6 Å². The molecule has 3 aromatic heterocycles. The second kappa shape index (κ2) is 6.10. The van der Waals surface area contributed by atoms with Gasteiger partial charge in [0.25, 0.3) is 0 Å². The van der Waals surface area contributed by atoms with E-state index in [2.05, 4.69) is 31.5 Å². The summed E-state index contributed by atoms with van der Waals surface area (Å²) in [5.74, 6) is 0.552. The molecule has 0 unspecified atom stereocenters. The van der Waals surface area contributed by atoms with E-state index in [1.54, 1.807) is 41.2 Å². The highest BCUT2D eigenvalue weighted by atomic mass is 35.5. The molecule has 3 heterocycles. The molecule has 0 saturated carbocycles. The molecular weight excluding hydrogens is 343 g/mol. The van der Waals surface area contributed by atoms with Gasteiger partial charge in [-0.05, 0) is 37.3 Å². The molecule has 8 heteroatoms. The van der Waals surface area contributed by atoms with E-state index >= 15 is 0 Å². The van der Waals surface area contributed by atoms with Gasteiger partial charge < -0.3 is 5.32 Å². The van der Waals surface area contributed by atoms with Gasteiger partial charge in [-0.15, -0.1) is 5.10 Å². The molecule has 1 N–H and O–H groups in total. The van der Waals surface area contributed by atoms with Crippen LogP contribution in [0.4, 0.5) is 15.9 Å². The zero-order valence-corrected chi connectivity index (χ0v) is 13.8. The molecule has 4 rings (SSSR count). The Kier molecular flexibility index (Phi) is 3.77. The zero-order valence-electron chi connectivity index (χ0n) is 13.0. The standard InChI is InChI=1S/C17H11ClFN6/c1-10-5-6-16(24-23-10)21-12-8-13-14(7-11(12)19)25(9-20-13)17-4-2-3-15(18)22-17/h2,4-9H,1H3,(H,21,24). The second-order valence-electron chi connectivity index (χ2n) is 5.36. The average molecular weight is 354 g/mol. The second-order valence-corrected chi connectivity index (χ2v) is 5.72. The Hall–Kier alpha value is -3.06. The van der Waals surface area contributed by atoms with Crippen LogP contribution in [0.25, 0.3) is 16.9 Å². The number of aryl methyl sites for hydroxylation is 1. The summed E-state index contributed by atoms with van der Waals surface area (Å²) in [6.07, 6.45) is 1.57. The molecule has 0 aliphatic heterocycles. The van der Waals surface area contributed by atoms with E-state index in [0.29, 0.717) is 22.7 Å². The van der Waals surface area contributed by atoms with Crippen molar-refractivity contribution in [1.82, 2.24) is 24.7 Å². The van der Waals surface area contributed by atoms with Crippen LogP contribution in [0.3, 0.4) is 0 Å². The Morgan fingerprint density at radius 2 is 2.08 bits per heavy atom. The number of pyridine rings is 1. The number of hydrogen-bond acceptors (Lipinski definition) is 5. The van der Waals surface area contributed by atoms with Crippen molar-refractivity contribution in [3.63, 3.8) is 0 Å². The summed E-state index contributed by atoms with van der Waals surface area (Å²) in [5, 5.41) is 11.1. The molecule has 6 nitrogen and oxygen atoms in total. The quantitative estimate of drug-likeness (QED) is 0.566. The van der Waals surface area contributed by atoms with Crippen molar-refractivity contribution in [3.05, 3.63) is 65.5 Å². The summed E-state index contributed by atoms with van der Waals surface area (Å²) in [6.45, 7) is 1.83. The lowest BCUT2D eigenvalue weighted by Crippen LogP contribution is -2.00. The molecule has 0 saturated heterocycles. The van der Waals surface area contributed by atoms with Crippen molar-refractivity contribution < 1.29 is 4.39 Å². The topological polar surface area (TPSA) is 68.5 Å². The Morgan fingerprint density at radius 3 is 2.84 bits per heavy atom. The monoisotopic (exact) mass is 353 g/mol. The molecule has 0 amide bonds. The van der Waals surface area contributed by atoms with Crippen LogP contribution in [-0.4, -0.2) is 24.7 Å². The molecule has 25 heavy (non-hydrogen) atoms. The zero-order chi connectivity index (χ0) is 17.4. The number of hydrogen-bond donors (Lipinski definition) is 1. The van der Waals surface area contributed by atoms with E-state index < -0.39 is 5.82 Å². The predicted molar refractivity (Wildman–Crippen MR) is 92.7 cm³/mol. The van der Waals surface area contributed by atoms with Gasteiger partial charge in [0.2, 0.25) is 0 Å². The Labute approximate surface area is 147 Å². The number of benzene rings is 1. The summed E-state index contributed by atoms with van der Waals surface area (Å²) in [5.41, 5.74) is 2.23. The lowest BCUT2D eigenvalue weighted by atomic mass is 10.2. The molecular formula is C17H11ClFN6. The lowest BCUT2D eigenvalue weighted by Gasteiger charge is -2.08.